The molecule has 2 aliphatic carbocycles. The molecule has 0 aromatic carbocycles. The average Bonchev–Trinajstić information content (AvgIpc) is 2.67. The van der Waals surface area contributed by atoms with Gasteiger partial charge in [0, 0.05) is 16.8 Å². The van der Waals surface area contributed by atoms with E-state index >= 15 is 0 Å². The quantitative estimate of drug-likeness (QED) is 0.552. The third kappa shape index (κ3) is 5.89. The Bertz CT molecular complexity index is 143. The van der Waals surface area contributed by atoms with E-state index < -0.39 is 0 Å². The van der Waals surface area contributed by atoms with Crippen LogP contribution in [0.4, 0.5) is 0 Å². The van der Waals surface area contributed by atoms with Crippen LogP contribution in [0, 0.1) is 0 Å². The third-order valence-corrected chi connectivity index (χ3v) is 1.31. The molecule has 61 valence electrons. The van der Waals surface area contributed by atoms with E-state index in [1.54, 1.807) is 0 Å². The van der Waals surface area contributed by atoms with Gasteiger partial charge in [-0.1, -0.05) is 48.6 Å². The van der Waals surface area contributed by atoms with Gasteiger partial charge in [-0.05, 0) is 12.8 Å². The zero-order valence-electron chi connectivity index (χ0n) is 6.37. The van der Waals surface area contributed by atoms with Crippen molar-refractivity contribution in [3.8, 4) is 0 Å². The van der Waals surface area contributed by atoms with E-state index in [2.05, 4.69) is 48.6 Å². The first-order chi connectivity index (χ1) is 5.00. The molecular formula is C10H12Co. The summed E-state index contributed by atoms with van der Waals surface area (Å²) in [6.45, 7) is 0. The Morgan fingerprint density at radius 1 is 0.545 bits per heavy atom. The van der Waals surface area contributed by atoms with Crippen molar-refractivity contribution in [2.45, 2.75) is 12.8 Å². The minimum atomic E-state index is 0. The first kappa shape index (κ1) is 10.5. The van der Waals surface area contributed by atoms with Gasteiger partial charge in [-0.2, -0.15) is 0 Å². The molecule has 0 aromatic heterocycles. The van der Waals surface area contributed by atoms with Gasteiger partial charge >= 0.3 is 0 Å². The molecule has 0 amide bonds. The smallest absolute Gasteiger partial charge is 0 e. The average molecular weight is 191 g/mol. The summed E-state index contributed by atoms with van der Waals surface area (Å²) in [6.07, 6.45) is 19.0. The van der Waals surface area contributed by atoms with Crippen molar-refractivity contribution in [2.75, 3.05) is 0 Å². The van der Waals surface area contributed by atoms with Gasteiger partial charge < -0.3 is 0 Å². The van der Waals surface area contributed by atoms with Crippen LogP contribution < -0.4 is 0 Å². The van der Waals surface area contributed by atoms with Crippen molar-refractivity contribution in [2.24, 2.45) is 0 Å². The monoisotopic (exact) mass is 191 g/mol. The Kier molecular flexibility index (Phi) is 7.20. The Hall–Kier alpha value is -0.534. The number of rotatable bonds is 0. The predicted molar refractivity (Wildman–Crippen MR) is 45.8 cm³/mol. The zero-order valence-corrected chi connectivity index (χ0v) is 7.41. The minimum Gasteiger partial charge on any atom is -0.0808 e. The molecule has 1 heteroatoms. The SMILES string of the molecule is C1=CCC=C1.C1=CCC=C1.[Co]. The van der Waals surface area contributed by atoms with Crippen LogP contribution in [-0.4, -0.2) is 0 Å². The van der Waals surface area contributed by atoms with E-state index in [9.17, 15) is 0 Å². The van der Waals surface area contributed by atoms with E-state index in [-0.39, 0.29) is 16.8 Å². The van der Waals surface area contributed by atoms with Gasteiger partial charge in [0.2, 0.25) is 0 Å². The van der Waals surface area contributed by atoms with E-state index in [1.165, 1.54) is 0 Å². The summed E-state index contributed by atoms with van der Waals surface area (Å²) in [6, 6.07) is 0. The second kappa shape index (κ2) is 7.57. The van der Waals surface area contributed by atoms with Crippen LogP contribution in [0.1, 0.15) is 12.8 Å². The van der Waals surface area contributed by atoms with Crippen molar-refractivity contribution < 1.29 is 16.8 Å². The molecule has 0 unspecified atom stereocenters. The molecular weight excluding hydrogens is 179 g/mol. The molecule has 0 spiro atoms. The number of hydrogen-bond donors (Lipinski definition) is 0. The largest absolute Gasteiger partial charge is 0.0808 e. The third-order valence-electron chi connectivity index (χ3n) is 1.31. The second-order valence-electron chi connectivity index (χ2n) is 2.18. The van der Waals surface area contributed by atoms with Crippen molar-refractivity contribution in [1.29, 1.82) is 0 Å². The Morgan fingerprint density at radius 3 is 0.909 bits per heavy atom. The molecule has 0 atom stereocenters. The van der Waals surface area contributed by atoms with E-state index in [0.29, 0.717) is 0 Å². The van der Waals surface area contributed by atoms with Crippen molar-refractivity contribution in [1.82, 2.24) is 0 Å². The maximum Gasteiger partial charge on any atom is 0 e. The number of allylic oxidation sites excluding steroid dienone is 8. The second-order valence-corrected chi connectivity index (χ2v) is 2.18. The van der Waals surface area contributed by atoms with E-state index in [1.807, 2.05) is 0 Å². The molecule has 2 rings (SSSR count). The van der Waals surface area contributed by atoms with Gasteiger partial charge in [0.25, 0.3) is 0 Å². The summed E-state index contributed by atoms with van der Waals surface area (Å²) in [5.74, 6) is 0. The van der Waals surface area contributed by atoms with Crippen LogP contribution in [-0.2, 0) is 16.8 Å². The molecule has 0 saturated heterocycles. The van der Waals surface area contributed by atoms with Gasteiger partial charge in [0.05, 0.1) is 0 Å². The summed E-state index contributed by atoms with van der Waals surface area (Å²) in [5.41, 5.74) is 0. The first-order valence-electron chi connectivity index (χ1n) is 3.63. The first-order valence-corrected chi connectivity index (χ1v) is 3.63. The Balaban J connectivity index is 0.000000167. The molecule has 0 bridgehead atoms. The van der Waals surface area contributed by atoms with Crippen LogP contribution in [0.5, 0.6) is 0 Å². The van der Waals surface area contributed by atoms with Gasteiger partial charge in [-0.3, -0.25) is 0 Å². The molecule has 1 radical (unpaired) electrons. The van der Waals surface area contributed by atoms with Crippen molar-refractivity contribution >= 4 is 0 Å². The van der Waals surface area contributed by atoms with Crippen LogP contribution in [0.2, 0.25) is 0 Å². The van der Waals surface area contributed by atoms with E-state index in [0.717, 1.165) is 12.8 Å². The zero-order chi connectivity index (χ0) is 7.07. The summed E-state index contributed by atoms with van der Waals surface area (Å²) >= 11 is 0. The van der Waals surface area contributed by atoms with E-state index in [4.69, 9.17) is 0 Å². The molecule has 0 nitrogen and oxygen atoms in total. The van der Waals surface area contributed by atoms with Gasteiger partial charge in [-0.15, -0.1) is 0 Å². The van der Waals surface area contributed by atoms with Crippen molar-refractivity contribution in [3.05, 3.63) is 48.6 Å². The molecule has 2 aliphatic rings. The standard InChI is InChI=1S/2C5H6.Co/c2*1-2-4-5-3-1;/h2*1-4H,5H2;. The predicted octanol–water partition coefficient (Wildman–Crippen LogP) is 3.00. The molecule has 0 N–H and O–H groups in total. The fourth-order valence-corrected chi connectivity index (χ4v) is 0.786. The normalized spacial score (nSPS) is 16.0. The number of hydrogen-bond acceptors (Lipinski definition) is 0. The van der Waals surface area contributed by atoms with Crippen LogP contribution in [0.25, 0.3) is 0 Å². The molecule has 11 heavy (non-hydrogen) atoms. The maximum absolute atomic E-state index is 2.12. The molecule has 0 heterocycles. The van der Waals surface area contributed by atoms with Crippen LogP contribution >= 0.6 is 0 Å². The summed E-state index contributed by atoms with van der Waals surface area (Å²) in [7, 11) is 0. The molecule has 0 fully saturated rings. The maximum atomic E-state index is 2.12. The molecule has 0 aromatic rings. The van der Waals surface area contributed by atoms with Gasteiger partial charge in [0.1, 0.15) is 0 Å². The van der Waals surface area contributed by atoms with Crippen LogP contribution in [0.15, 0.2) is 48.6 Å². The van der Waals surface area contributed by atoms with Crippen molar-refractivity contribution in [3.63, 3.8) is 0 Å². The fraction of sp³-hybridized carbons (Fsp3) is 0.200. The van der Waals surface area contributed by atoms with Gasteiger partial charge in [-0.25, -0.2) is 0 Å². The molecule has 0 saturated carbocycles. The molecule has 0 aliphatic heterocycles. The minimum absolute atomic E-state index is 0. The topological polar surface area (TPSA) is 0 Å². The summed E-state index contributed by atoms with van der Waals surface area (Å²) in [4.78, 5) is 0. The van der Waals surface area contributed by atoms with Gasteiger partial charge in [0.15, 0.2) is 0 Å². The Morgan fingerprint density at radius 2 is 0.818 bits per heavy atom. The Labute approximate surface area is 78.6 Å². The summed E-state index contributed by atoms with van der Waals surface area (Å²) in [5, 5.41) is 0. The summed E-state index contributed by atoms with van der Waals surface area (Å²) < 4.78 is 0. The fourth-order valence-electron chi connectivity index (χ4n) is 0.786. The van der Waals surface area contributed by atoms with Crippen LogP contribution in [0.3, 0.4) is 0 Å².